The Kier molecular flexibility index (Phi) is 7.01. The van der Waals surface area contributed by atoms with Crippen LogP contribution in [0.5, 0.6) is 0 Å². The summed E-state index contributed by atoms with van der Waals surface area (Å²) in [4.78, 5) is 0. The van der Waals surface area contributed by atoms with Crippen molar-refractivity contribution in [2.75, 3.05) is 26.3 Å². The van der Waals surface area contributed by atoms with Crippen LogP contribution in [0.2, 0.25) is 0 Å². The molecule has 1 heterocycles. The molecule has 96 valence electrons. The van der Waals surface area contributed by atoms with Gasteiger partial charge in [0, 0.05) is 19.2 Å². The highest BCUT2D eigenvalue weighted by molar-refractivity contribution is 4.80. The van der Waals surface area contributed by atoms with Gasteiger partial charge in [0.05, 0.1) is 6.61 Å². The average Bonchev–Trinajstić information content (AvgIpc) is 2.36. The number of ether oxygens (including phenoxy) is 1. The molecule has 3 nitrogen and oxygen atoms in total. The van der Waals surface area contributed by atoms with Gasteiger partial charge in [-0.15, -0.1) is 0 Å². The highest BCUT2D eigenvalue weighted by Crippen LogP contribution is 2.17. The molecule has 0 aromatic rings. The first-order chi connectivity index (χ1) is 7.81. The summed E-state index contributed by atoms with van der Waals surface area (Å²) in [6.45, 7) is 8.17. The van der Waals surface area contributed by atoms with Gasteiger partial charge in [-0.25, -0.2) is 0 Å². The van der Waals surface area contributed by atoms with Crippen LogP contribution in [0.3, 0.4) is 0 Å². The van der Waals surface area contributed by atoms with Gasteiger partial charge in [0.1, 0.15) is 0 Å². The van der Waals surface area contributed by atoms with Crippen molar-refractivity contribution in [3.05, 3.63) is 0 Å². The molecule has 0 aromatic heterocycles. The Bertz CT molecular complexity index is 165. The predicted octanol–water partition coefficient (Wildman–Crippen LogP) is 1.77. The summed E-state index contributed by atoms with van der Waals surface area (Å²) >= 11 is 0. The normalized spacial score (nSPS) is 23.6. The quantitative estimate of drug-likeness (QED) is 0.698. The number of hydrogen-bond donors (Lipinski definition) is 2. The molecule has 0 spiro atoms. The van der Waals surface area contributed by atoms with Crippen LogP contribution in [0.4, 0.5) is 0 Å². The molecule has 16 heavy (non-hydrogen) atoms. The molecule has 0 aliphatic carbocycles. The van der Waals surface area contributed by atoms with E-state index in [4.69, 9.17) is 10.5 Å². The molecule has 0 radical (unpaired) electrons. The lowest BCUT2D eigenvalue weighted by Crippen LogP contribution is -2.46. The van der Waals surface area contributed by atoms with Gasteiger partial charge < -0.3 is 15.8 Å². The Labute approximate surface area is 100 Å². The average molecular weight is 228 g/mol. The van der Waals surface area contributed by atoms with Gasteiger partial charge in [-0.2, -0.15) is 0 Å². The van der Waals surface area contributed by atoms with Crippen LogP contribution < -0.4 is 11.1 Å². The Morgan fingerprint density at radius 2 is 2.12 bits per heavy atom. The van der Waals surface area contributed by atoms with Crippen LogP contribution in [-0.4, -0.2) is 32.3 Å². The van der Waals surface area contributed by atoms with Crippen molar-refractivity contribution in [2.24, 2.45) is 17.6 Å². The minimum atomic E-state index is 0.445. The fourth-order valence-corrected chi connectivity index (χ4v) is 2.42. The van der Waals surface area contributed by atoms with E-state index in [1.165, 1.54) is 25.7 Å². The molecule has 0 saturated carbocycles. The van der Waals surface area contributed by atoms with E-state index in [-0.39, 0.29) is 0 Å². The van der Waals surface area contributed by atoms with Crippen molar-refractivity contribution >= 4 is 0 Å². The molecule has 1 saturated heterocycles. The lowest BCUT2D eigenvalue weighted by atomic mass is 9.93. The number of rotatable bonds is 7. The predicted molar refractivity (Wildman–Crippen MR) is 68.5 cm³/mol. The highest BCUT2D eigenvalue weighted by atomic mass is 16.5. The van der Waals surface area contributed by atoms with Crippen molar-refractivity contribution in [2.45, 2.75) is 45.6 Å². The standard InChI is InChI=1S/C13H28N2O/c1-3-11(4-2)9-15-13(8-14)12-6-5-7-16-10-12/h11-13,15H,3-10,14H2,1-2H3. The van der Waals surface area contributed by atoms with Crippen LogP contribution >= 0.6 is 0 Å². The van der Waals surface area contributed by atoms with E-state index >= 15 is 0 Å². The van der Waals surface area contributed by atoms with E-state index in [0.717, 1.165) is 32.2 Å². The molecule has 2 unspecified atom stereocenters. The molecule has 3 heteroatoms. The Morgan fingerprint density at radius 1 is 1.38 bits per heavy atom. The van der Waals surface area contributed by atoms with Gasteiger partial charge in [0.25, 0.3) is 0 Å². The lowest BCUT2D eigenvalue weighted by molar-refractivity contribution is 0.0399. The SMILES string of the molecule is CCC(CC)CNC(CN)C1CCCOC1. The summed E-state index contributed by atoms with van der Waals surface area (Å²) in [5.41, 5.74) is 5.85. The van der Waals surface area contributed by atoms with Gasteiger partial charge in [0.2, 0.25) is 0 Å². The Hall–Kier alpha value is -0.120. The first-order valence-electron chi connectivity index (χ1n) is 6.82. The highest BCUT2D eigenvalue weighted by Gasteiger charge is 2.23. The van der Waals surface area contributed by atoms with Crippen molar-refractivity contribution in [3.8, 4) is 0 Å². The van der Waals surface area contributed by atoms with E-state index in [9.17, 15) is 0 Å². The van der Waals surface area contributed by atoms with Crippen molar-refractivity contribution < 1.29 is 4.74 Å². The summed E-state index contributed by atoms with van der Waals surface area (Å²) in [5, 5.41) is 3.64. The van der Waals surface area contributed by atoms with Gasteiger partial charge in [-0.05, 0) is 31.2 Å². The molecule has 1 aliphatic heterocycles. The van der Waals surface area contributed by atoms with E-state index in [1.54, 1.807) is 0 Å². The third-order valence-corrected chi connectivity index (χ3v) is 3.84. The van der Waals surface area contributed by atoms with Gasteiger partial charge in [-0.1, -0.05) is 26.7 Å². The van der Waals surface area contributed by atoms with Crippen molar-refractivity contribution in [1.82, 2.24) is 5.32 Å². The first-order valence-corrected chi connectivity index (χ1v) is 6.82. The molecule has 0 bridgehead atoms. The van der Waals surface area contributed by atoms with Crippen molar-refractivity contribution in [3.63, 3.8) is 0 Å². The third kappa shape index (κ3) is 4.40. The number of nitrogens with one attached hydrogen (secondary N) is 1. The summed E-state index contributed by atoms with van der Waals surface area (Å²) in [5.74, 6) is 1.41. The molecule has 1 fully saturated rings. The van der Waals surface area contributed by atoms with Gasteiger partial charge in [-0.3, -0.25) is 0 Å². The maximum atomic E-state index is 5.85. The molecule has 2 atom stereocenters. The second-order valence-corrected chi connectivity index (χ2v) is 4.91. The van der Waals surface area contributed by atoms with E-state index in [1.807, 2.05) is 0 Å². The molecule has 0 aromatic carbocycles. The lowest BCUT2D eigenvalue weighted by Gasteiger charge is -2.31. The van der Waals surface area contributed by atoms with Crippen molar-refractivity contribution in [1.29, 1.82) is 0 Å². The third-order valence-electron chi connectivity index (χ3n) is 3.84. The largest absolute Gasteiger partial charge is 0.381 e. The molecular formula is C13H28N2O. The van der Waals surface area contributed by atoms with Gasteiger partial charge >= 0.3 is 0 Å². The zero-order valence-electron chi connectivity index (χ0n) is 10.9. The monoisotopic (exact) mass is 228 g/mol. The fraction of sp³-hybridized carbons (Fsp3) is 1.00. The second-order valence-electron chi connectivity index (χ2n) is 4.91. The van der Waals surface area contributed by atoms with Crippen LogP contribution in [-0.2, 0) is 4.74 Å². The molecule has 3 N–H and O–H groups in total. The number of nitrogens with two attached hydrogens (primary N) is 1. The maximum absolute atomic E-state index is 5.85. The zero-order valence-corrected chi connectivity index (χ0v) is 10.9. The molecular weight excluding hydrogens is 200 g/mol. The summed E-state index contributed by atoms with van der Waals surface area (Å²) < 4.78 is 5.53. The summed E-state index contributed by atoms with van der Waals surface area (Å²) in [6.07, 6.45) is 4.95. The Balaban J connectivity index is 2.29. The molecule has 1 aliphatic rings. The summed E-state index contributed by atoms with van der Waals surface area (Å²) in [6, 6.07) is 0.445. The van der Waals surface area contributed by atoms with E-state index < -0.39 is 0 Å². The minimum absolute atomic E-state index is 0.445. The molecule has 1 rings (SSSR count). The Morgan fingerprint density at radius 3 is 2.62 bits per heavy atom. The first kappa shape index (κ1) is 13.9. The topological polar surface area (TPSA) is 47.3 Å². The van der Waals surface area contributed by atoms with E-state index in [0.29, 0.717) is 12.0 Å². The second kappa shape index (κ2) is 8.04. The minimum Gasteiger partial charge on any atom is -0.381 e. The summed E-state index contributed by atoms with van der Waals surface area (Å²) in [7, 11) is 0. The van der Waals surface area contributed by atoms with Crippen LogP contribution in [0.1, 0.15) is 39.5 Å². The van der Waals surface area contributed by atoms with Gasteiger partial charge in [0.15, 0.2) is 0 Å². The number of hydrogen-bond acceptors (Lipinski definition) is 3. The zero-order chi connectivity index (χ0) is 11.8. The van der Waals surface area contributed by atoms with Crippen LogP contribution in [0.15, 0.2) is 0 Å². The fourth-order valence-electron chi connectivity index (χ4n) is 2.42. The van der Waals surface area contributed by atoms with Crippen LogP contribution in [0.25, 0.3) is 0 Å². The molecule has 0 amide bonds. The maximum Gasteiger partial charge on any atom is 0.0509 e. The van der Waals surface area contributed by atoms with E-state index in [2.05, 4.69) is 19.2 Å². The van der Waals surface area contributed by atoms with Crippen LogP contribution in [0, 0.1) is 11.8 Å². The smallest absolute Gasteiger partial charge is 0.0509 e.